The summed E-state index contributed by atoms with van der Waals surface area (Å²) < 4.78 is 0. The summed E-state index contributed by atoms with van der Waals surface area (Å²) >= 11 is 0. The molecule has 6 rings (SSSR count). The number of likely N-dealkylation sites (tertiary alicyclic amines) is 1. The van der Waals surface area contributed by atoms with Crippen molar-refractivity contribution in [3.63, 3.8) is 0 Å². The van der Waals surface area contributed by atoms with Gasteiger partial charge in [0, 0.05) is 30.5 Å². The van der Waals surface area contributed by atoms with Crippen molar-refractivity contribution in [3.05, 3.63) is 46.7 Å². The van der Waals surface area contributed by atoms with Gasteiger partial charge in [0.2, 0.25) is 5.91 Å². The van der Waals surface area contributed by atoms with Crippen molar-refractivity contribution >= 4 is 17.6 Å². The van der Waals surface area contributed by atoms with Crippen LogP contribution >= 0.6 is 0 Å². The molecule has 2 amide bonds. The molecule has 1 atom stereocenters. The number of nitrogens with zero attached hydrogens (tertiary/aromatic N) is 1. The topological polar surface area (TPSA) is 66.5 Å². The molecule has 1 saturated heterocycles. The zero-order valence-corrected chi connectivity index (χ0v) is 20.7. The van der Waals surface area contributed by atoms with Crippen molar-refractivity contribution in [2.45, 2.75) is 84.0 Å². The third kappa shape index (κ3) is 4.34. The molecule has 4 saturated carbocycles. The average molecular weight is 463 g/mol. The summed E-state index contributed by atoms with van der Waals surface area (Å²) in [5.41, 5.74) is 3.30. The molecular weight excluding hydrogens is 424 g/mol. The molecule has 4 aliphatic carbocycles. The number of hydrogen-bond donors (Lipinski definition) is 1. The van der Waals surface area contributed by atoms with Gasteiger partial charge < -0.3 is 10.2 Å². The van der Waals surface area contributed by atoms with Gasteiger partial charge in [-0.15, -0.1) is 0 Å². The van der Waals surface area contributed by atoms with E-state index >= 15 is 0 Å². The maximum Gasteiger partial charge on any atom is 0.255 e. The molecule has 2 bridgehead atoms. The van der Waals surface area contributed by atoms with Crippen molar-refractivity contribution in [2.75, 3.05) is 13.1 Å². The molecule has 5 heteroatoms. The minimum Gasteiger partial charge on any atom is -0.342 e. The van der Waals surface area contributed by atoms with Gasteiger partial charge in [-0.25, -0.2) is 0 Å². The Morgan fingerprint density at radius 1 is 1.03 bits per heavy atom. The summed E-state index contributed by atoms with van der Waals surface area (Å²) in [5.74, 6) is 1.09. The Labute approximate surface area is 203 Å². The van der Waals surface area contributed by atoms with Crippen molar-refractivity contribution < 1.29 is 14.4 Å². The molecule has 1 heterocycles. The second kappa shape index (κ2) is 9.31. The smallest absolute Gasteiger partial charge is 0.255 e. The van der Waals surface area contributed by atoms with E-state index < -0.39 is 0 Å². The van der Waals surface area contributed by atoms with E-state index in [0.29, 0.717) is 17.2 Å². The third-order valence-corrected chi connectivity index (χ3v) is 8.64. The number of amides is 2. The Kier molecular flexibility index (Phi) is 6.39. The van der Waals surface area contributed by atoms with Crippen molar-refractivity contribution in [1.29, 1.82) is 0 Å². The summed E-state index contributed by atoms with van der Waals surface area (Å²) in [5, 5.41) is 3.01. The highest BCUT2D eigenvalue weighted by molar-refractivity contribution is 6.04. The summed E-state index contributed by atoms with van der Waals surface area (Å²) in [6.07, 6.45) is 10.4. The Morgan fingerprint density at radius 3 is 2.41 bits per heavy atom. The number of Topliss-reactive ketones (excluding diaryl/α,β-unsaturated/α-hetero) is 1. The quantitative estimate of drug-likeness (QED) is 0.578. The summed E-state index contributed by atoms with van der Waals surface area (Å²) in [7, 11) is 0. The molecule has 1 N–H and O–H groups in total. The van der Waals surface area contributed by atoms with Crippen molar-refractivity contribution in [1.82, 2.24) is 10.2 Å². The fourth-order valence-corrected chi connectivity index (χ4v) is 6.47. The lowest BCUT2D eigenvalue weighted by Crippen LogP contribution is -2.62. The van der Waals surface area contributed by atoms with E-state index in [4.69, 9.17) is 0 Å². The van der Waals surface area contributed by atoms with Crippen LogP contribution in [-0.4, -0.2) is 35.6 Å². The van der Waals surface area contributed by atoms with Gasteiger partial charge in [-0.3, -0.25) is 14.4 Å². The molecule has 182 valence electrons. The Morgan fingerprint density at radius 2 is 1.76 bits per heavy atom. The van der Waals surface area contributed by atoms with E-state index in [0.717, 1.165) is 87.9 Å². The van der Waals surface area contributed by atoms with Crippen LogP contribution < -0.4 is 5.32 Å². The minimum absolute atomic E-state index is 0.0245. The summed E-state index contributed by atoms with van der Waals surface area (Å²) in [6, 6.07) is 7.81. The molecule has 34 heavy (non-hydrogen) atoms. The second-order valence-electron chi connectivity index (χ2n) is 11.5. The van der Waals surface area contributed by atoms with Crippen molar-refractivity contribution in [3.8, 4) is 0 Å². The normalized spacial score (nSPS) is 28.1. The minimum atomic E-state index is -0.207. The van der Waals surface area contributed by atoms with Crippen molar-refractivity contribution in [2.24, 2.45) is 17.3 Å². The molecule has 0 aromatic heterocycles. The molecule has 5 nitrogen and oxygen atoms in total. The number of carbonyl (C=O) groups is 3. The zero-order valence-electron chi connectivity index (χ0n) is 20.7. The van der Waals surface area contributed by atoms with Crippen LogP contribution in [0.1, 0.15) is 99.9 Å². The first kappa shape index (κ1) is 23.3. The molecule has 0 spiro atoms. The predicted octanol–water partition coefficient (Wildman–Crippen LogP) is 5.37. The van der Waals surface area contributed by atoms with Gasteiger partial charge in [0.25, 0.3) is 5.91 Å². The summed E-state index contributed by atoms with van der Waals surface area (Å²) in [4.78, 5) is 41.4. The standard InChI is InChI=1S/C29H38N2O3/c1-19(2)26(32)25(21-8-4-3-5-9-21)30-27(33)23-11-6-10-22(14-23)24-12-7-13-31(18-24)28(34)29-15-20(16-29)17-29/h6,10-11,14,19-20,24H,3-5,7-9,12-13,15-18H2,1-2H3,(H,30,33)/t20?,24-,29?/m1/s1. The highest BCUT2D eigenvalue weighted by Gasteiger charge is 2.62. The molecule has 1 aromatic carbocycles. The lowest BCUT2D eigenvalue weighted by molar-refractivity contribution is -0.178. The van der Waals surface area contributed by atoms with E-state index in [-0.39, 0.29) is 28.9 Å². The van der Waals surface area contributed by atoms with E-state index in [2.05, 4.69) is 16.3 Å². The van der Waals surface area contributed by atoms with Gasteiger partial charge in [-0.05, 0) is 87.0 Å². The average Bonchev–Trinajstić information content (AvgIpc) is 2.80. The van der Waals surface area contributed by atoms with Gasteiger partial charge in [-0.2, -0.15) is 0 Å². The van der Waals surface area contributed by atoms with Crippen LogP contribution in [0.25, 0.3) is 0 Å². The zero-order chi connectivity index (χ0) is 23.9. The number of hydrogen-bond acceptors (Lipinski definition) is 3. The largest absolute Gasteiger partial charge is 0.342 e. The third-order valence-electron chi connectivity index (χ3n) is 8.64. The predicted molar refractivity (Wildman–Crippen MR) is 132 cm³/mol. The van der Waals surface area contributed by atoms with E-state index in [1.54, 1.807) is 0 Å². The number of ketones is 1. The second-order valence-corrected chi connectivity index (χ2v) is 11.5. The lowest BCUT2D eigenvalue weighted by Gasteiger charge is -2.61. The SMILES string of the molecule is CC(C)C(=O)C(NC(=O)c1cccc([C@@H]2CCCN(C(=O)C34CC(C3)C4)C2)c1)=C1CCCCC1. The molecule has 5 fully saturated rings. The Bertz CT molecular complexity index is 999. The van der Waals surface area contributed by atoms with Crippen LogP contribution in [0, 0.1) is 17.3 Å². The van der Waals surface area contributed by atoms with Gasteiger partial charge in [0.15, 0.2) is 5.78 Å². The first-order chi connectivity index (χ1) is 16.4. The first-order valence-corrected chi connectivity index (χ1v) is 13.3. The Hall–Kier alpha value is -2.43. The highest BCUT2D eigenvalue weighted by atomic mass is 16.2. The molecule has 1 aliphatic heterocycles. The monoisotopic (exact) mass is 462 g/mol. The van der Waals surface area contributed by atoms with Crippen LogP contribution in [0.5, 0.6) is 0 Å². The van der Waals surface area contributed by atoms with Crippen LogP contribution in [0.2, 0.25) is 0 Å². The number of nitrogens with one attached hydrogen (secondary N) is 1. The molecule has 0 unspecified atom stereocenters. The maximum atomic E-state index is 13.3. The van der Waals surface area contributed by atoms with Crippen LogP contribution in [0.4, 0.5) is 0 Å². The van der Waals surface area contributed by atoms with E-state index in [1.807, 2.05) is 32.0 Å². The molecule has 1 aromatic rings. The maximum absolute atomic E-state index is 13.3. The van der Waals surface area contributed by atoms with Gasteiger partial charge in [0.05, 0.1) is 11.1 Å². The molecule has 0 radical (unpaired) electrons. The number of rotatable bonds is 6. The fraction of sp³-hybridized carbons (Fsp3) is 0.621. The van der Waals surface area contributed by atoms with E-state index in [9.17, 15) is 14.4 Å². The number of allylic oxidation sites excluding steroid dienone is 2. The van der Waals surface area contributed by atoms with Crippen LogP contribution in [0.15, 0.2) is 35.5 Å². The van der Waals surface area contributed by atoms with Gasteiger partial charge in [-0.1, -0.05) is 32.4 Å². The number of carbonyl (C=O) groups excluding carboxylic acids is 3. The highest BCUT2D eigenvalue weighted by Crippen LogP contribution is 2.65. The Balaban J connectivity index is 1.30. The van der Waals surface area contributed by atoms with Crippen LogP contribution in [-0.2, 0) is 9.59 Å². The van der Waals surface area contributed by atoms with Gasteiger partial charge >= 0.3 is 0 Å². The fourth-order valence-electron chi connectivity index (χ4n) is 6.47. The van der Waals surface area contributed by atoms with Gasteiger partial charge in [0.1, 0.15) is 0 Å². The molecule has 5 aliphatic rings. The van der Waals surface area contributed by atoms with E-state index in [1.165, 1.54) is 6.42 Å². The number of benzene rings is 1. The summed E-state index contributed by atoms with van der Waals surface area (Å²) in [6.45, 7) is 5.39. The molecular formula is C29H38N2O3. The van der Waals surface area contributed by atoms with Crippen LogP contribution in [0.3, 0.4) is 0 Å². The first-order valence-electron chi connectivity index (χ1n) is 13.3. The lowest BCUT2D eigenvalue weighted by atomic mass is 9.44. The number of piperidine rings is 1.